The third-order valence-electron chi connectivity index (χ3n) is 3.92. The summed E-state index contributed by atoms with van der Waals surface area (Å²) in [5.74, 6) is -0.121. The number of hydrogen-bond donors (Lipinski definition) is 1. The van der Waals surface area contributed by atoms with E-state index in [1.807, 2.05) is 80.3 Å². The van der Waals surface area contributed by atoms with E-state index in [9.17, 15) is 4.79 Å². The third kappa shape index (κ3) is 4.14. The van der Waals surface area contributed by atoms with Gasteiger partial charge in [-0.25, -0.2) is 4.68 Å². The number of carbonyl (C=O) groups excluding carboxylic acids is 1. The predicted octanol–water partition coefficient (Wildman–Crippen LogP) is 3.49. The normalized spacial score (nSPS) is 10.9. The molecule has 1 heterocycles. The molecule has 0 saturated heterocycles. The molecule has 0 unspecified atom stereocenters. The maximum Gasteiger partial charge on any atom is 0.255 e. The highest BCUT2D eigenvalue weighted by atomic mass is 16.1. The summed E-state index contributed by atoms with van der Waals surface area (Å²) in [6.07, 6.45) is 1.76. The Morgan fingerprint density at radius 3 is 2.28 bits per heavy atom. The van der Waals surface area contributed by atoms with E-state index in [1.54, 1.807) is 6.20 Å². The Bertz CT molecular complexity index is 848. The molecule has 0 aliphatic rings. The summed E-state index contributed by atoms with van der Waals surface area (Å²) in [7, 11) is 4.06. The fourth-order valence-electron chi connectivity index (χ4n) is 2.66. The Morgan fingerprint density at radius 1 is 1.04 bits per heavy atom. The molecule has 3 aromatic rings. The van der Waals surface area contributed by atoms with Gasteiger partial charge in [0.25, 0.3) is 5.91 Å². The van der Waals surface area contributed by atoms with Gasteiger partial charge in [-0.15, -0.1) is 0 Å². The van der Waals surface area contributed by atoms with Gasteiger partial charge < -0.3 is 10.2 Å². The van der Waals surface area contributed by atoms with Crippen molar-refractivity contribution in [2.24, 2.45) is 0 Å². The van der Waals surface area contributed by atoms with Crippen molar-refractivity contribution < 1.29 is 4.79 Å². The van der Waals surface area contributed by atoms with E-state index in [0.29, 0.717) is 5.56 Å². The second-order valence-corrected chi connectivity index (χ2v) is 6.32. The summed E-state index contributed by atoms with van der Waals surface area (Å²) < 4.78 is 1.84. The molecule has 0 radical (unpaired) electrons. The smallest absolute Gasteiger partial charge is 0.255 e. The fourth-order valence-corrected chi connectivity index (χ4v) is 2.66. The molecular weight excluding hydrogens is 312 g/mol. The van der Waals surface area contributed by atoms with Crippen molar-refractivity contribution in [3.8, 4) is 5.69 Å². The molecule has 3 rings (SSSR count). The van der Waals surface area contributed by atoms with Crippen LogP contribution in [-0.4, -0.2) is 34.7 Å². The van der Waals surface area contributed by atoms with Crippen molar-refractivity contribution in [1.29, 1.82) is 0 Å². The van der Waals surface area contributed by atoms with E-state index in [1.165, 1.54) is 5.56 Å². The van der Waals surface area contributed by atoms with E-state index >= 15 is 0 Å². The highest BCUT2D eigenvalue weighted by molar-refractivity contribution is 6.04. The third-order valence-corrected chi connectivity index (χ3v) is 3.92. The minimum Gasteiger partial charge on any atom is -0.322 e. The molecule has 25 heavy (non-hydrogen) atoms. The number of hydrogen-bond acceptors (Lipinski definition) is 3. The summed E-state index contributed by atoms with van der Waals surface area (Å²) in [4.78, 5) is 14.5. The van der Waals surface area contributed by atoms with Crippen LogP contribution in [0, 0.1) is 6.92 Å². The first kappa shape index (κ1) is 16.9. The van der Waals surface area contributed by atoms with E-state index in [0.717, 1.165) is 23.6 Å². The van der Waals surface area contributed by atoms with Crippen LogP contribution in [0.4, 0.5) is 5.69 Å². The van der Waals surface area contributed by atoms with E-state index in [-0.39, 0.29) is 5.91 Å². The number of aryl methyl sites for hydroxylation is 1. The van der Waals surface area contributed by atoms with Gasteiger partial charge in [-0.1, -0.05) is 12.1 Å². The second kappa shape index (κ2) is 7.32. The Labute approximate surface area is 147 Å². The number of benzene rings is 2. The first-order chi connectivity index (χ1) is 12.0. The number of nitrogens with zero attached hydrogens (tertiary/aromatic N) is 3. The molecule has 0 spiro atoms. The monoisotopic (exact) mass is 334 g/mol. The molecule has 1 aromatic heterocycles. The molecule has 1 N–H and O–H groups in total. The molecule has 128 valence electrons. The second-order valence-electron chi connectivity index (χ2n) is 6.32. The zero-order chi connectivity index (χ0) is 17.8. The summed E-state index contributed by atoms with van der Waals surface area (Å²) in [6, 6.07) is 17.3. The highest BCUT2D eigenvalue weighted by Gasteiger charge is 2.07. The minimum absolute atomic E-state index is 0.121. The standard InChI is InChI=1S/C20H22N4O/c1-15-12-13-21-24(15)19-10-6-17(7-11-19)20(25)22-18-8-4-16(5-9-18)14-23(2)3/h4-13H,14H2,1-3H3,(H,22,25). The molecule has 0 aliphatic heterocycles. The van der Waals surface area contributed by atoms with Gasteiger partial charge in [0.15, 0.2) is 0 Å². The van der Waals surface area contributed by atoms with Crippen LogP contribution in [0.15, 0.2) is 60.8 Å². The molecule has 0 saturated carbocycles. The van der Waals surface area contributed by atoms with Gasteiger partial charge in [0.2, 0.25) is 0 Å². The van der Waals surface area contributed by atoms with Gasteiger partial charge in [0, 0.05) is 29.7 Å². The minimum atomic E-state index is -0.121. The quantitative estimate of drug-likeness (QED) is 0.777. The van der Waals surface area contributed by atoms with Gasteiger partial charge in [-0.2, -0.15) is 5.10 Å². The average molecular weight is 334 g/mol. The van der Waals surface area contributed by atoms with Crippen molar-refractivity contribution in [1.82, 2.24) is 14.7 Å². The number of aromatic nitrogens is 2. The summed E-state index contributed by atoms with van der Waals surface area (Å²) in [5, 5.41) is 7.20. The Hall–Kier alpha value is -2.92. The van der Waals surface area contributed by atoms with Crippen LogP contribution < -0.4 is 5.32 Å². The lowest BCUT2D eigenvalue weighted by atomic mass is 10.1. The lowest BCUT2D eigenvalue weighted by Gasteiger charge is -2.11. The number of rotatable bonds is 5. The van der Waals surface area contributed by atoms with Gasteiger partial charge in [0.1, 0.15) is 0 Å². The maximum absolute atomic E-state index is 12.4. The van der Waals surface area contributed by atoms with Gasteiger partial charge >= 0.3 is 0 Å². The zero-order valence-corrected chi connectivity index (χ0v) is 14.7. The number of nitrogens with one attached hydrogen (secondary N) is 1. The lowest BCUT2D eigenvalue weighted by Crippen LogP contribution is -2.13. The van der Waals surface area contributed by atoms with Crippen LogP contribution in [-0.2, 0) is 6.54 Å². The van der Waals surface area contributed by atoms with Crippen LogP contribution in [0.25, 0.3) is 5.69 Å². The van der Waals surface area contributed by atoms with Gasteiger partial charge in [-0.3, -0.25) is 4.79 Å². The first-order valence-corrected chi connectivity index (χ1v) is 8.19. The lowest BCUT2D eigenvalue weighted by molar-refractivity contribution is 0.102. The van der Waals surface area contributed by atoms with Crippen LogP contribution in [0.2, 0.25) is 0 Å². The molecule has 0 atom stereocenters. The Morgan fingerprint density at radius 2 is 1.72 bits per heavy atom. The zero-order valence-electron chi connectivity index (χ0n) is 14.7. The van der Waals surface area contributed by atoms with Crippen molar-refractivity contribution in [2.45, 2.75) is 13.5 Å². The molecule has 0 fully saturated rings. The van der Waals surface area contributed by atoms with Gasteiger partial charge in [-0.05, 0) is 69.0 Å². The number of amides is 1. The molecule has 2 aromatic carbocycles. The van der Waals surface area contributed by atoms with Crippen LogP contribution in [0.5, 0.6) is 0 Å². The number of anilines is 1. The van der Waals surface area contributed by atoms with Crippen molar-refractivity contribution in [3.63, 3.8) is 0 Å². The summed E-state index contributed by atoms with van der Waals surface area (Å²) >= 11 is 0. The summed E-state index contributed by atoms with van der Waals surface area (Å²) in [5.41, 5.74) is 4.61. The molecule has 0 aliphatic carbocycles. The molecule has 1 amide bonds. The fraction of sp³-hybridized carbons (Fsp3) is 0.200. The highest BCUT2D eigenvalue weighted by Crippen LogP contribution is 2.15. The van der Waals surface area contributed by atoms with Gasteiger partial charge in [0.05, 0.1) is 5.69 Å². The molecule has 5 nitrogen and oxygen atoms in total. The van der Waals surface area contributed by atoms with Crippen molar-refractivity contribution >= 4 is 11.6 Å². The number of carbonyl (C=O) groups is 1. The largest absolute Gasteiger partial charge is 0.322 e. The van der Waals surface area contributed by atoms with Crippen molar-refractivity contribution in [3.05, 3.63) is 77.6 Å². The average Bonchev–Trinajstić information content (AvgIpc) is 3.02. The van der Waals surface area contributed by atoms with Crippen LogP contribution >= 0.6 is 0 Å². The van der Waals surface area contributed by atoms with E-state index in [4.69, 9.17) is 0 Å². The maximum atomic E-state index is 12.4. The van der Waals surface area contributed by atoms with Crippen molar-refractivity contribution in [2.75, 3.05) is 19.4 Å². The molecule has 5 heteroatoms. The Balaban J connectivity index is 1.68. The van der Waals surface area contributed by atoms with Crippen LogP contribution in [0.1, 0.15) is 21.6 Å². The first-order valence-electron chi connectivity index (χ1n) is 8.19. The van der Waals surface area contributed by atoms with Crippen LogP contribution in [0.3, 0.4) is 0 Å². The Kier molecular flexibility index (Phi) is 4.95. The molecule has 0 bridgehead atoms. The predicted molar refractivity (Wildman–Crippen MR) is 100 cm³/mol. The van der Waals surface area contributed by atoms with E-state index < -0.39 is 0 Å². The summed E-state index contributed by atoms with van der Waals surface area (Å²) in [6.45, 7) is 2.87. The molecular formula is C20H22N4O. The van der Waals surface area contributed by atoms with E-state index in [2.05, 4.69) is 15.3 Å². The SMILES string of the molecule is Cc1ccnn1-c1ccc(C(=O)Nc2ccc(CN(C)C)cc2)cc1. The topological polar surface area (TPSA) is 50.2 Å².